The monoisotopic (exact) mass is 350 g/mol. The molecule has 0 atom stereocenters. The van der Waals surface area contributed by atoms with Gasteiger partial charge in [0.15, 0.2) is 11.1 Å². The van der Waals surface area contributed by atoms with Crippen molar-refractivity contribution in [2.75, 3.05) is 37.6 Å². The van der Waals surface area contributed by atoms with Crippen molar-refractivity contribution < 1.29 is 0 Å². The molecule has 0 aromatic carbocycles. The molecule has 8 heteroatoms. The Hall–Kier alpha value is -1.86. The van der Waals surface area contributed by atoms with Gasteiger partial charge in [0.2, 0.25) is 0 Å². The van der Waals surface area contributed by atoms with Crippen molar-refractivity contribution in [1.82, 2.24) is 14.9 Å². The van der Waals surface area contributed by atoms with Crippen LogP contribution >= 0.6 is 22.9 Å². The van der Waals surface area contributed by atoms with Crippen molar-refractivity contribution in [2.45, 2.75) is 6.42 Å². The zero-order chi connectivity index (χ0) is 16.1. The van der Waals surface area contributed by atoms with E-state index in [1.54, 1.807) is 23.6 Å². The van der Waals surface area contributed by atoms with Gasteiger partial charge < -0.3 is 15.5 Å². The first-order chi connectivity index (χ1) is 11.2. The lowest BCUT2D eigenvalue weighted by Gasteiger charge is -2.35. The van der Waals surface area contributed by atoms with Crippen molar-refractivity contribution >= 4 is 34.0 Å². The molecule has 1 fully saturated rings. The molecule has 2 aromatic heterocycles. The fourth-order valence-corrected chi connectivity index (χ4v) is 3.26. The summed E-state index contributed by atoms with van der Waals surface area (Å²) < 4.78 is 0. The first kappa shape index (κ1) is 16.0. The molecule has 122 valence electrons. The Morgan fingerprint density at radius 3 is 2.74 bits per heavy atom. The molecule has 6 nitrogen and oxygen atoms in total. The summed E-state index contributed by atoms with van der Waals surface area (Å²) in [6.07, 6.45) is 4.43. The summed E-state index contributed by atoms with van der Waals surface area (Å²) in [5, 5.41) is 3.59. The molecule has 3 heterocycles. The van der Waals surface area contributed by atoms with Crippen molar-refractivity contribution in [3.63, 3.8) is 0 Å². The number of aromatic nitrogens is 2. The maximum absolute atomic E-state index is 6.11. The Kier molecular flexibility index (Phi) is 5.30. The normalized spacial score (nSPS) is 16.0. The highest BCUT2D eigenvalue weighted by atomic mass is 35.5. The van der Waals surface area contributed by atoms with Crippen LogP contribution in [0, 0.1) is 0 Å². The van der Waals surface area contributed by atoms with Gasteiger partial charge in [-0.05, 0) is 18.1 Å². The van der Waals surface area contributed by atoms with Gasteiger partial charge in [-0.1, -0.05) is 17.7 Å². The highest BCUT2D eigenvalue weighted by Gasteiger charge is 2.19. The Morgan fingerprint density at radius 2 is 2.09 bits per heavy atom. The third-order valence-electron chi connectivity index (χ3n) is 3.76. The molecule has 1 aliphatic heterocycles. The SMILES string of the molecule is NC(=NCCc1ccc(Cl)nc1)N1CCN(c2nccs2)CC1. The van der Waals surface area contributed by atoms with E-state index in [0.717, 1.165) is 43.3 Å². The molecular weight excluding hydrogens is 332 g/mol. The van der Waals surface area contributed by atoms with Gasteiger partial charge in [-0.25, -0.2) is 9.97 Å². The Balaban J connectivity index is 1.47. The molecule has 0 bridgehead atoms. The molecule has 0 amide bonds. The minimum absolute atomic E-state index is 0.509. The Bertz CT molecular complexity index is 634. The molecule has 1 aliphatic rings. The fourth-order valence-electron chi connectivity index (χ4n) is 2.45. The minimum atomic E-state index is 0.509. The predicted molar refractivity (Wildman–Crippen MR) is 95.3 cm³/mol. The second kappa shape index (κ2) is 7.61. The number of aliphatic imine (C=N–C) groups is 1. The average Bonchev–Trinajstić information content (AvgIpc) is 3.11. The summed E-state index contributed by atoms with van der Waals surface area (Å²) in [7, 11) is 0. The number of nitrogens with zero attached hydrogens (tertiary/aromatic N) is 5. The van der Waals surface area contributed by atoms with E-state index in [-0.39, 0.29) is 0 Å². The van der Waals surface area contributed by atoms with Crippen molar-refractivity contribution in [3.05, 3.63) is 40.6 Å². The fraction of sp³-hybridized carbons (Fsp3) is 0.400. The Morgan fingerprint density at radius 1 is 1.26 bits per heavy atom. The van der Waals surface area contributed by atoms with Crippen LogP contribution in [-0.2, 0) is 6.42 Å². The molecule has 0 aliphatic carbocycles. The number of piperazine rings is 1. The van der Waals surface area contributed by atoms with Crippen LogP contribution in [0.25, 0.3) is 0 Å². The number of guanidine groups is 1. The largest absolute Gasteiger partial charge is 0.370 e. The third-order valence-corrected chi connectivity index (χ3v) is 4.81. The molecule has 0 saturated carbocycles. The molecule has 0 spiro atoms. The smallest absolute Gasteiger partial charge is 0.191 e. The van der Waals surface area contributed by atoms with Gasteiger partial charge in [0, 0.05) is 50.5 Å². The summed E-state index contributed by atoms with van der Waals surface area (Å²) in [5.74, 6) is 0.616. The first-order valence-electron chi connectivity index (χ1n) is 7.52. The lowest BCUT2D eigenvalue weighted by atomic mass is 10.2. The van der Waals surface area contributed by atoms with Crippen LogP contribution < -0.4 is 10.6 Å². The van der Waals surface area contributed by atoms with Crippen molar-refractivity contribution in [3.8, 4) is 0 Å². The molecule has 23 heavy (non-hydrogen) atoms. The lowest BCUT2D eigenvalue weighted by molar-refractivity contribution is 0.380. The number of hydrogen-bond donors (Lipinski definition) is 1. The highest BCUT2D eigenvalue weighted by Crippen LogP contribution is 2.18. The zero-order valence-corrected chi connectivity index (χ0v) is 14.3. The standard InChI is InChI=1S/C15H19ClN6S/c16-13-2-1-12(11-20-13)3-4-18-14(17)21-6-8-22(9-7-21)15-19-5-10-23-15/h1-2,5,10-11H,3-4,6-9H2,(H2,17,18). The van der Waals surface area contributed by atoms with Gasteiger partial charge in [0.05, 0.1) is 0 Å². The maximum Gasteiger partial charge on any atom is 0.191 e. The highest BCUT2D eigenvalue weighted by molar-refractivity contribution is 7.13. The van der Waals surface area contributed by atoms with E-state index in [2.05, 4.69) is 24.8 Å². The van der Waals surface area contributed by atoms with Crippen LogP contribution in [0.3, 0.4) is 0 Å². The summed E-state index contributed by atoms with van der Waals surface area (Å²) in [5.41, 5.74) is 7.22. The van der Waals surface area contributed by atoms with E-state index in [1.807, 2.05) is 17.6 Å². The van der Waals surface area contributed by atoms with Crippen LogP contribution in [0.2, 0.25) is 5.15 Å². The van der Waals surface area contributed by atoms with E-state index in [1.165, 1.54) is 0 Å². The summed E-state index contributed by atoms with van der Waals surface area (Å²) >= 11 is 7.44. The van der Waals surface area contributed by atoms with Crippen LogP contribution in [-0.4, -0.2) is 53.6 Å². The van der Waals surface area contributed by atoms with Crippen LogP contribution in [0.4, 0.5) is 5.13 Å². The van der Waals surface area contributed by atoms with E-state index in [0.29, 0.717) is 17.7 Å². The van der Waals surface area contributed by atoms with Gasteiger partial charge in [0.25, 0.3) is 0 Å². The molecular formula is C15H19ClN6S. The second-order valence-electron chi connectivity index (χ2n) is 5.27. The molecule has 2 aromatic rings. The molecule has 0 radical (unpaired) electrons. The molecule has 1 saturated heterocycles. The first-order valence-corrected chi connectivity index (χ1v) is 8.78. The second-order valence-corrected chi connectivity index (χ2v) is 6.53. The molecule has 0 unspecified atom stereocenters. The average molecular weight is 351 g/mol. The summed E-state index contributed by atoms with van der Waals surface area (Å²) in [6.45, 7) is 4.24. The predicted octanol–water partition coefficient (Wildman–Crippen LogP) is 1.87. The van der Waals surface area contributed by atoms with Gasteiger partial charge in [-0.3, -0.25) is 4.99 Å². The number of rotatable bonds is 4. The topological polar surface area (TPSA) is 70.6 Å². The van der Waals surface area contributed by atoms with E-state index in [4.69, 9.17) is 17.3 Å². The maximum atomic E-state index is 6.11. The summed E-state index contributed by atoms with van der Waals surface area (Å²) in [4.78, 5) is 17.3. The van der Waals surface area contributed by atoms with Crippen LogP contribution in [0.15, 0.2) is 34.9 Å². The van der Waals surface area contributed by atoms with E-state index >= 15 is 0 Å². The van der Waals surface area contributed by atoms with Gasteiger partial charge in [-0.2, -0.15) is 0 Å². The number of anilines is 1. The van der Waals surface area contributed by atoms with Gasteiger partial charge >= 0.3 is 0 Å². The van der Waals surface area contributed by atoms with E-state index in [9.17, 15) is 0 Å². The van der Waals surface area contributed by atoms with Crippen molar-refractivity contribution in [1.29, 1.82) is 0 Å². The van der Waals surface area contributed by atoms with E-state index < -0.39 is 0 Å². The van der Waals surface area contributed by atoms with Crippen molar-refractivity contribution in [2.24, 2.45) is 10.7 Å². The number of thiazole rings is 1. The number of nitrogens with two attached hydrogens (primary N) is 1. The van der Waals surface area contributed by atoms with Gasteiger partial charge in [-0.15, -0.1) is 11.3 Å². The lowest BCUT2D eigenvalue weighted by Crippen LogP contribution is -2.51. The number of hydrogen-bond acceptors (Lipinski definition) is 5. The quantitative estimate of drug-likeness (QED) is 0.518. The zero-order valence-electron chi connectivity index (χ0n) is 12.7. The summed E-state index contributed by atoms with van der Waals surface area (Å²) in [6, 6.07) is 3.76. The minimum Gasteiger partial charge on any atom is -0.370 e. The van der Waals surface area contributed by atoms with Crippen LogP contribution in [0.5, 0.6) is 0 Å². The number of halogens is 1. The number of pyridine rings is 1. The third kappa shape index (κ3) is 4.33. The van der Waals surface area contributed by atoms with Crippen LogP contribution in [0.1, 0.15) is 5.56 Å². The Labute approximate surface area is 144 Å². The molecule has 2 N–H and O–H groups in total. The van der Waals surface area contributed by atoms with Gasteiger partial charge in [0.1, 0.15) is 5.15 Å². The molecule has 3 rings (SSSR count).